The molecule has 7 heteroatoms. The van der Waals surface area contributed by atoms with Crippen LogP contribution >= 0.6 is 12.2 Å². The lowest BCUT2D eigenvalue weighted by atomic mass is 10.1. The van der Waals surface area contributed by atoms with Crippen LogP contribution in [-0.4, -0.2) is 40.0 Å². The first-order valence-corrected chi connectivity index (χ1v) is 10.4. The molecule has 4 rings (SSSR count). The van der Waals surface area contributed by atoms with Crippen LogP contribution in [0.3, 0.4) is 0 Å². The van der Waals surface area contributed by atoms with Gasteiger partial charge in [0.2, 0.25) is 0 Å². The molecular weight excluding hydrogens is 410 g/mol. The first kappa shape index (κ1) is 20.8. The minimum absolute atomic E-state index is 0.0605. The van der Waals surface area contributed by atoms with Crippen molar-refractivity contribution in [2.45, 2.75) is 20.4 Å². The molecular formula is C24H23N3O3S. The van der Waals surface area contributed by atoms with E-state index in [2.05, 4.69) is 29.8 Å². The zero-order chi connectivity index (χ0) is 22.1. The molecule has 0 unspecified atom stereocenters. The number of thiocarbonyl (C=S) groups is 1. The number of nitrogens with zero attached hydrogens (tertiary/aromatic N) is 2. The Hall–Kier alpha value is -3.45. The summed E-state index contributed by atoms with van der Waals surface area (Å²) in [7, 11) is 1.55. The number of hydrogen-bond acceptors (Lipinski definition) is 4. The molecule has 0 spiro atoms. The third kappa shape index (κ3) is 4.09. The maximum atomic E-state index is 12.6. The summed E-state index contributed by atoms with van der Waals surface area (Å²) in [4.78, 5) is 26.2. The van der Waals surface area contributed by atoms with E-state index in [0.29, 0.717) is 13.2 Å². The van der Waals surface area contributed by atoms with E-state index in [1.807, 2.05) is 42.6 Å². The van der Waals surface area contributed by atoms with Gasteiger partial charge in [0.25, 0.3) is 11.8 Å². The largest absolute Gasteiger partial charge is 0.492 e. The molecule has 1 aliphatic heterocycles. The Morgan fingerprint density at radius 1 is 1.10 bits per heavy atom. The van der Waals surface area contributed by atoms with Crippen LogP contribution in [0, 0.1) is 13.8 Å². The quantitative estimate of drug-likeness (QED) is 0.379. The lowest BCUT2D eigenvalue weighted by Crippen LogP contribution is -2.52. The van der Waals surface area contributed by atoms with Crippen LogP contribution in [0.5, 0.6) is 5.75 Å². The fraction of sp³-hybridized carbons (Fsp3) is 0.208. The van der Waals surface area contributed by atoms with Gasteiger partial charge in [0.05, 0.1) is 6.54 Å². The highest BCUT2D eigenvalue weighted by atomic mass is 32.1. The molecule has 0 atom stereocenters. The van der Waals surface area contributed by atoms with Gasteiger partial charge in [-0.3, -0.25) is 19.8 Å². The van der Waals surface area contributed by atoms with Crippen LogP contribution in [0.4, 0.5) is 0 Å². The van der Waals surface area contributed by atoms with E-state index in [0.717, 1.165) is 22.2 Å². The number of carbonyl (C=O) groups excluding carboxylic acids is 2. The summed E-state index contributed by atoms with van der Waals surface area (Å²) in [6, 6.07) is 13.9. The Balaban J connectivity index is 1.60. The molecule has 0 radical (unpaired) electrons. The fourth-order valence-corrected chi connectivity index (χ4v) is 3.72. The van der Waals surface area contributed by atoms with Gasteiger partial charge in [0, 0.05) is 29.7 Å². The van der Waals surface area contributed by atoms with Crippen molar-refractivity contribution in [2.75, 3.05) is 13.7 Å². The van der Waals surface area contributed by atoms with Crippen LogP contribution in [0.25, 0.3) is 17.0 Å². The Bertz CT molecular complexity index is 1240. The molecule has 0 aliphatic carbocycles. The predicted molar refractivity (Wildman–Crippen MR) is 125 cm³/mol. The third-order valence-electron chi connectivity index (χ3n) is 5.50. The minimum atomic E-state index is -0.483. The minimum Gasteiger partial charge on any atom is -0.492 e. The second kappa shape index (κ2) is 8.35. The van der Waals surface area contributed by atoms with Crippen LogP contribution in [0.15, 0.2) is 54.2 Å². The van der Waals surface area contributed by atoms with Gasteiger partial charge in [-0.05, 0) is 61.5 Å². The summed E-state index contributed by atoms with van der Waals surface area (Å²) in [6.45, 7) is 5.26. The van der Waals surface area contributed by atoms with Gasteiger partial charge >= 0.3 is 0 Å². The summed E-state index contributed by atoms with van der Waals surface area (Å²) in [5, 5.41) is 3.61. The monoisotopic (exact) mass is 433 g/mol. The predicted octanol–water partition coefficient (Wildman–Crippen LogP) is 3.59. The van der Waals surface area contributed by atoms with E-state index < -0.39 is 11.8 Å². The molecule has 0 saturated carbocycles. The highest BCUT2D eigenvalue weighted by Gasteiger charge is 2.31. The first-order chi connectivity index (χ1) is 14.8. The standard InChI is InChI=1S/C24H23N3O3S/c1-15-8-9-18(12-16(15)2)30-11-10-27-14-17(19-6-4-5-7-21(19)27)13-20-22(28)25-24(31)26(3)23(20)29/h4-9,12-14H,10-11H2,1-3H3,(H,25,28,31). The number of aryl methyl sites for hydroxylation is 2. The number of carbonyl (C=O) groups is 2. The lowest BCUT2D eigenvalue weighted by molar-refractivity contribution is -0.128. The molecule has 31 heavy (non-hydrogen) atoms. The van der Waals surface area contributed by atoms with Gasteiger partial charge in [-0.2, -0.15) is 0 Å². The Labute approximate surface area is 186 Å². The van der Waals surface area contributed by atoms with Crippen molar-refractivity contribution >= 4 is 46.1 Å². The number of amides is 2. The number of benzene rings is 2. The van der Waals surface area contributed by atoms with E-state index in [1.54, 1.807) is 13.1 Å². The molecule has 158 valence electrons. The molecule has 2 aromatic carbocycles. The summed E-state index contributed by atoms with van der Waals surface area (Å²) < 4.78 is 8.01. The molecule has 1 aromatic heterocycles. The topological polar surface area (TPSA) is 63.6 Å². The summed E-state index contributed by atoms with van der Waals surface area (Å²) in [5.41, 5.74) is 4.28. The SMILES string of the molecule is Cc1ccc(OCCn2cc(C=C3C(=O)NC(=S)N(C)C3=O)c3ccccc32)cc1C. The van der Waals surface area contributed by atoms with Crippen LogP contribution in [-0.2, 0) is 16.1 Å². The van der Waals surface area contributed by atoms with E-state index in [-0.39, 0.29) is 10.7 Å². The highest BCUT2D eigenvalue weighted by molar-refractivity contribution is 7.80. The average Bonchev–Trinajstić information content (AvgIpc) is 3.10. The number of ether oxygens (including phenoxy) is 1. The van der Waals surface area contributed by atoms with Crippen LogP contribution < -0.4 is 10.1 Å². The van der Waals surface area contributed by atoms with E-state index in [9.17, 15) is 9.59 Å². The fourth-order valence-electron chi connectivity index (χ4n) is 3.54. The van der Waals surface area contributed by atoms with Gasteiger partial charge in [0.1, 0.15) is 17.9 Å². The van der Waals surface area contributed by atoms with Crippen LogP contribution in [0.2, 0.25) is 0 Å². The number of aromatic nitrogens is 1. The smallest absolute Gasteiger partial charge is 0.265 e. The Morgan fingerprint density at radius 3 is 2.65 bits per heavy atom. The average molecular weight is 434 g/mol. The molecule has 1 aliphatic rings. The number of para-hydroxylation sites is 1. The zero-order valence-electron chi connectivity index (χ0n) is 17.6. The van der Waals surface area contributed by atoms with E-state index in [4.69, 9.17) is 17.0 Å². The summed E-state index contributed by atoms with van der Waals surface area (Å²) >= 11 is 5.01. The first-order valence-electron chi connectivity index (χ1n) is 9.98. The number of hydrogen-bond donors (Lipinski definition) is 1. The summed E-state index contributed by atoms with van der Waals surface area (Å²) in [5.74, 6) is -0.0583. The molecule has 1 N–H and O–H groups in total. The van der Waals surface area contributed by atoms with Gasteiger partial charge in [-0.15, -0.1) is 0 Å². The van der Waals surface area contributed by atoms with Crippen LogP contribution in [0.1, 0.15) is 16.7 Å². The molecule has 1 saturated heterocycles. The normalized spacial score (nSPS) is 15.6. The molecule has 3 aromatic rings. The van der Waals surface area contributed by atoms with Gasteiger partial charge in [-0.25, -0.2) is 0 Å². The zero-order valence-corrected chi connectivity index (χ0v) is 18.5. The molecule has 1 fully saturated rings. The second-order valence-electron chi connectivity index (χ2n) is 7.57. The van der Waals surface area contributed by atoms with Crippen molar-refractivity contribution in [3.05, 3.63) is 70.9 Å². The molecule has 6 nitrogen and oxygen atoms in total. The Kier molecular flexibility index (Phi) is 5.61. The number of fused-ring (bicyclic) bond motifs is 1. The third-order valence-corrected chi connectivity index (χ3v) is 5.88. The van der Waals surface area contributed by atoms with Crippen molar-refractivity contribution in [3.8, 4) is 5.75 Å². The maximum Gasteiger partial charge on any atom is 0.265 e. The van der Waals surface area contributed by atoms with E-state index in [1.165, 1.54) is 16.0 Å². The second-order valence-corrected chi connectivity index (χ2v) is 7.96. The highest BCUT2D eigenvalue weighted by Crippen LogP contribution is 2.25. The van der Waals surface area contributed by atoms with Gasteiger partial charge in [-0.1, -0.05) is 24.3 Å². The number of likely N-dealkylation sites (N-methyl/N-ethyl adjacent to an activating group) is 1. The van der Waals surface area contributed by atoms with Crippen molar-refractivity contribution in [1.29, 1.82) is 0 Å². The molecule has 0 bridgehead atoms. The van der Waals surface area contributed by atoms with Crippen molar-refractivity contribution in [3.63, 3.8) is 0 Å². The van der Waals surface area contributed by atoms with Gasteiger partial charge in [0.15, 0.2) is 5.11 Å². The molecule has 2 amide bonds. The lowest BCUT2D eigenvalue weighted by Gasteiger charge is -2.24. The number of rotatable bonds is 5. The maximum absolute atomic E-state index is 12.6. The van der Waals surface area contributed by atoms with Crippen molar-refractivity contribution in [1.82, 2.24) is 14.8 Å². The number of nitrogens with one attached hydrogen (secondary N) is 1. The Morgan fingerprint density at radius 2 is 1.87 bits per heavy atom. The van der Waals surface area contributed by atoms with Gasteiger partial charge < -0.3 is 9.30 Å². The van der Waals surface area contributed by atoms with Crippen molar-refractivity contribution < 1.29 is 14.3 Å². The summed E-state index contributed by atoms with van der Waals surface area (Å²) in [6.07, 6.45) is 3.56. The van der Waals surface area contributed by atoms with E-state index >= 15 is 0 Å². The molecule has 2 heterocycles. The van der Waals surface area contributed by atoms with Crippen molar-refractivity contribution in [2.24, 2.45) is 0 Å².